The van der Waals surface area contributed by atoms with Gasteiger partial charge in [0.2, 0.25) is 11.8 Å². The highest BCUT2D eigenvalue weighted by Crippen LogP contribution is 2.22. The van der Waals surface area contributed by atoms with Gasteiger partial charge in [-0.2, -0.15) is 0 Å². The Morgan fingerprint density at radius 1 is 1.33 bits per heavy atom. The molecule has 0 radical (unpaired) electrons. The molecule has 1 saturated heterocycles. The van der Waals surface area contributed by atoms with Crippen LogP contribution in [0.25, 0.3) is 0 Å². The Kier molecular flexibility index (Phi) is 4.58. The van der Waals surface area contributed by atoms with Gasteiger partial charge in [0, 0.05) is 18.6 Å². The molecule has 5 heteroatoms. The number of amides is 2. The molecule has 5 nitrogen and oxygen atoms in total. The predicted octanol–water partition coefficient (Wildman–Crippen LogP) is 0.302. The van der Waals surface area contributed by atoms with Crippen LogP contribution in [0.15, 0.2) is 0 Å². The minimum Gasteiger partial charge on any atom is -0.356 e. The van der Waals surface area contributed by atoms with Crippen molar-refractivity contribution in [1.29, 1.82) is 0 Å². The van der Waals surface area contributed by atoms with E-state index in [0.717, 1.165) is 19.3 Å². The van der Waals surface area contributed by atoms with Crippen LogP contribution in [-0.2, 0) is 9.59 Å². The van der Waals surface area contributed by atoms with E-state index in [-0.39, 0.29) is 30.3 Å². The van der Waals surface area contributed by atoms with Gasteiger partial charge in [-0.3, -0.25) is 9.59 Å². The summed E-state index contributed by atoms with van der Waals surface area (Å²) in [6.45, 7) is 2.69. The lowest BCUT2D eigenvalue weighted by Crippen LogP contribution is -2.65. The zero-order valence-electron chi connectivity index (χ0n) is 11.0. The fourth-order valence-electron chi connectivity index (χ4n) is 2.79. The van der Waals surface area contributed by atoms with Gasteiger partial charge in [-0.25, -0.2) is 0 Å². The summed E-state index contributed by atoms with van der Waals surface area (Å²) < 4.78 is 0. The number of hydrogen-bond acceptors (Lipinski definition) is 3. The highest BCUT2D eigenvalue weighted by molar-refractivity contribution is 5.89. The highest BCUT2D eigenvalue weighted by Gasteiger charge is 2.36. The molecule has 2 fully saturated rings. The Morgan fingerprint density at radius 2 is 2.06 bits per heavy atom. The van der Waals surface area contributed by atoms with Crippen molar-refractivity contribution in [2.75, 3.05) is 6.54 Å². The molecule has 0 aromatic heterocycles. The average Bonchev–Trinajstić information content (AvgIpc) is 2.37. The van der Waals surface area contributed by atoms with E-state index in [1.165, 1.54) is 12.8 Å². The maximum absolute atomic E-state index is 11.9. The zero-order valence-corrected chi connectivity index (χ0v) is 11.0. The summed E-state index contributed by atoms with van der Waals surface area (Å²) in [6, 6.07) is 0.253. The van der Waals surface area contributed by atoms with Crippen LogP contribution in [-0.4, -0.2) is 36.5 Å². The largest absolute Gasteiger partial charge is 0.356 e. The fraction of sp³-hybridized carbons (Fsp3) is 0.846. The van der Waals surface area contributed by atoms with Crippen molar-refractivity contribution < 1.29 is 9.59 Å². The highest BCUT2D eigenvalue weighted by atomic mass is 16.2. The molecule has 1 aliphatic carbocycles. The van der Waals surface area contributed by atoms with Crippen molar-refractivity contribution in [2.45, 2.75) is 63.6 Å². The normalized spacial score (nSPS) is 31.4. The molecule has 2 aliphatic rings. The van der Waals surface area contributed by atoms with E-state index in [4.69, 9.17) is 0 Å². The number of nitrogens with one attached hydrogen (secondary N) is 3. The standard InChI is InChI=1S/C13H23N3O2/c1-2-7-14-12(17)8-11-13(18)16-10-6-4-3-5-9(10)15-11/h9-11,15H,2-8H2,1H3,(H,14,17)(H,16,18). The van der Waals surface area contributed by atoms with E-state index >= 15 is 0 Å². The molecule has 0 spiro atoms. The van der Waals surface area contributed by atoms with Gasteiger partial charge in [0.15, 0.2) is 0 Å². The Bertz CT molecular complexity index is 319. The van der Waals surface area contributed by atoms with E-state index in [1.54, 1.807) is 0 Å². The van der Waals surface area contributed by atoms with Crippen molar-refractivity contribution in [1.82, 2.24) is 16.0 Å². The van der Waals surface area contributed by atoms with Crippen LogP contribution in [0.2, 0.25) is 0 Å². The van der Waals surface area contributed by atoms with Crippen molar-refractivity contribution in [3.8, 4) is 0 Å². The second kappa shape index (κ2) is 6.18. The van der Waals surface area contributed by atoms with Crippen LogP contribution in [0.5, 0.6) is 0 Å². The second-order valence-corrected chi connectivity index (χ2v) is 5.28. The lowest BCUT2D eigenvalue weighted by Gasteiger charge is -2.40. The first-order valence-corrected chi connectivity index (χ1v) is 7.04. The smallest absolute Gasteiger partial charge is 0.237 e. The summed E-state index contributed by atoms with van der Waals surface area (Å²) in [6.07, 6.45) is 5.70. The summed E-state index contributed by atoms with van der Waals surface area (Å²) in [4.78, 5) is 23.5. The molecule has 3 N–H and O–H groups in total. The topological polar surface area (TPSA) is 70.2 Å². The molecular weight excluding hydrogens is 230 g/mol. The third kappa shape index (κ3) is 3.22. The molecule has 0 aromatic carbocycles. The monoisotopic (exact) mass is 253 g/mol. The van der Waals surface area contributed by atoms with Gasteiger partial charge < -0.3 is 16.0 Å². The summed E-state index contributed by atoms with van der Waals surface area (Å²) in [5, 5.41) is 9.20. The summed E-state index contributed by atoms with van der Waals surface area (Å²) in [7, 11) is 0. The molecule has 1 saturated carbocycles. The Balaban J connectivity index is 1.85. The minimum atomic E-state index is -0.360. The van der Waals surface area contributed by atoms with E-state index in [1.807, 2.05) is 6.92 Å². The first-order valence-electron chi connectivity index (χ1n) is 7.04. The van der Waals surface area contributed by atoms with Crippen LogP contribution < -0.4 is 16.0 Å². The first-order chi connectivity index (χ1) is 8.70. The molecule has 1 aliphatic heterocycles. The van der Waals surface area contributed by atoms with Gasteiger partial charge in [0.25, 0.3) is 0 Å². The van der Waals surface area contributed by atoms with Crippen molar-refractivity contribution >= 4 is 11.8 Å². The van der Waals surface area contributed by atoms with E-state index in [2.05, 4.69) is 16.0 Å². The van der Waals surface area contributed by atoms with Gasteiger partial charge >= 0.3 is 0 Å². The Morgan fingerprint density at radius 3 is 2.78 bits per heavy atom. The molecule has 18 heavy (non-hydrogen) atoms. The third-order valence-electron chi connectivity index (χ3n) is 3.79. The predicted molar refractivity (Wildman–Crippen MR) is 69.0 cm³/mol. The molecule has 102 valence electrons. The van der Waals surface area contributed by atoms with Crippen molar-refractivity contribution in [3.05, 3.63) is 0 Å². The molecular formula is C13H23N3O2. The van der Waals surface area contributed by atoms with Crippen LogP contribution >= 0.6 is 0 Å². The SMILES string of the molecule is CCCNC(=O)CC1NC2CCCCC2NC1=O. The lowest BCUT2D eigenvalue weighted by atomic mass is 9.87. The summed E-state index contributed by atoms with van der Waals surface area (Å²) >= 11 is 0. The van der Waals surface area contributed by atoms with Crippen LogP contribution in [0.1, 0.15) is 45.4 Å². The number of carbonyl (C=O) groups is 2. The number of carbonyl (C=O) groups excluding carboxylic acids is 2. The van der Waals surface area contributed by atoms with E-state index in [9.17, 15) is 9.59 Å². The average molecular weight is 253 g/mol. The lowest BCUT2D eigenvalue weighted by molar-refractivity contribution is -0.131. The zero-order chi connectivity index (χ0) is 13.0. The maximum atomic E-state index is 11.9. The minimum absolute atomic E-state index is 0.0233. The molecule has 0 aromatic rings. The molecule has 3 atom stereocenters. The van der Waals surface area contributed by atoms with Crippen LogP contribution in [0.4, 0.5) is 0 Å². The van der Waals surface area contributed by atoms with Gasteiger partial charge in [-0.1, -0.05) is 19.8 Å². The second-order valence-electron chi connectivity index (χ2n) is 5.28. The molecule has 0 bridgehead atoms. The first kappa shape index (κ1) is 13.3. The van der Waals surface area contributed by atoms with Crippen molar-refractivity contribution in [3.63, 3.8) is 0 Å². The summed E-state index contributed by atoms with van der Waals surface area (Å²) in [5.41, 5.74) is 0. The van der Waals surface area contributed by atoms with E-state index in [0.29, 0.717) is 12.6 Å². The van der Waals surface area contributed by atoms with Gasteiger partial charge in [-0.05, 0) is 19.3 Å². The Labute approximate surface area is 108 Å². The van der Waals surface area contributed by atoms with Crippen molar-refractivity contribution in [2.24, 2.45) is 0 Å². The van der Waals surface area contributed by atoms with Crippen LogP contribution in [0.3, 0.4) is 0 Å². The van der Waals surface area contributed by atoms with Gasteiger partial charge in [-0.15, -0.1) is 0 Å². The number of hydrogen-bond donors (Lipinski definition) is 3. The van der Waals surface area contributed by atoms with Gasteiger partial charge in [0.05, 0.1) is 12.5 Å². The third-order valence-corrected chi connectivity index (χ3v) is 3.79. The molecule has 3 unspecified atom stereocenters. The number of piperazine rings is 1. The molecule has 2 rings (SSSR count). The Hall–Kier alpha value is -1.10. The quantitative estimate of drug-likeness (QED) is 0.675. The summed E-state index contributed by atoms with van der Waals surface area (Å²) in [5.74, 6) is -0.0662. The number of fused-ring (bicyclic) bond motifs is 1. The molecule has 1 heterocycles. The molecule has 2 amide bonds. The fourth-order valence-corrected chi connectivity index (χ4v) is 2.79. The van der Waals surface area contributed by atoms with Crippen LogP contribution in [0, 0.1) is 0 Å². The van der Waals surface area contributed by atoms with Gasteiger partial charge in [0.1, 0.15) is 0 Å². The maximum Gasteiger partial charge on any atom is 0.237 e. The van der Waals surface area contributed by atoms with E-state index < -0.39 is 0 Å². The number of rotatable bonds is 4.